The van der Waals surface area contributed by atoms with Crippen LogP contribution in [0.5, 0.6) is 0 Å². The van der Waals surface area contributed by atoms with Crippen molar-refractivity contribution < 1.29 is 13.2 Å². The summed E-state index contributed by atoms with van der Waals surface area (Å²) in [6, 6.07) is 12.9. The quantitative estimate of drug-likeness (QED) is 0.687. The van der Waals surface area contributed by atoms with Crippen LogP contribution in [0.4, 0.5) is 5.69 Å². The average molecular weight is 371 g/mol. The molecule has 0 atom stereocenters. The highest BCUT2D eigenvalue weighted by Gasteiger charge is 2.13. The van der Waals surface area contributed by atoms with Crippen LogP contribution >= 0.6 is 0 Å². The van der Waals surface area contributed by atoms with Crippen molar-refractivity contribution in [1.29, 1.82) is 0 Å². The van der Waals surface area contributed by atoms with E-state index < -0.39 is 10.0 Å². The van der Waals surface area contributed by atoms with E-state index in [1.807, 2.05) is 0 Å². The third-order valence-corrected chi connectivity index (χ3v) is 5.13. The molecule has 1 aromatic heterocycles. The minimum absolute atomic E-state index is 0.119. The van der Waals surface area contributed by atoms with Gasteiger partial charge in [-0.15, -0.1) is 0 Å². The maximum atomic E-state index is 12.3. The molecule has 0 aliphatic rings. The van der Waals surface area contributed by atoms with Gasteiger partial charge in [0, 0.05) is 17.8 Å². The monoisotopic (exact) mass is 371 g/mol. The van der Waals surface area contributed by atoms with Gasteiger partial charge in [-0.3, -0.25) is 4.79 Å². The van der Waals surface area contributed by atoms with Crippen LogP contribution in [0.25, 0.3) is 5.69 Å². The van der Waals surface area contributed by atoms with Gasteiger partial charge in [-0.1, -0.05) is 6.92 Å². The normalized spacial score (nSPS) is 11.3. The van der Waals surface area contributed by atoms with Gasteiger partial charge in [-0.2, -0.15) is 5.10 Å². The maximum Gasteiger partial charge on any atom is 0.255 e. The van der Waals surface area contributed by atoms with Gasteiger partial charge in [0.15, 0.2) is 0 Å². The number of carbonyl (C=O) groups excluding carboxylic acids is 1. The van der Waals surface area contributed by atoms with Crippen LogP contribution in [0.15, 0.2) is 66.1 Å². The molecule has 0 spiro atoms. The third kappa shape index (κ3) is 3.95. The minimum Gasteiger partial charge on any atom is -0.322 e. The minimum atomic E-state index is -3.53. The predicted molar refractivity (Wildman–Crippen MR) is 96.6 cm³/mol. The SMILES string of the molecule is CCNS(=O)(=O)c1ccc(C(=O)Nc2ccc(-n3cncn3)cc2)cc1. The van der Waals surface area contributed by atoms with Gasteiger partial charge >= 0.3 is 0 Å². The van der Waals surface area contributed by atoms with E-state index in [0.29, 0.717) is 17.8 Å². The molecule has 8 nitrogen and oxygen atoms in total. The average Bonchev–Trinajstić information content (AvgIpc) is 3.17. The predicted octanol–water partition coefficient (Wildman–Crippen LogP) is 1.82. The lowest BCUT2D eigenvalue weighted by Gasteiger charge is -2.08. The van der Waals surface area contributed by atoms with Crippen LogP contribution in [0, 0.1) is 0 Å². The van der Waals surface area contributed by atoms with Crippen molar-refractivity contribution in [3.63, 3.8) is 0 Å². The third-order valence-electron chi connectivity index (χ3n) is 3.57. The second-order valence-corrected chi connectivity index (χ2v) is 7.13. The Kier molecular flexibility index (Phi) is 5.10. The van der Waals surface area contributed by atoms with Crippen molar-refractivity contribution in [2.75, 3.05) is 11.9 Å². The largest absolute Gasteiger partial charge is 0.322 e. The zero-order chi connectivity index (χ0) is 18.6. The molecular weight excluding hydrogens is 354 g/mol. The molecule has 0 bridgehead atoms. The van der Waals surface area contributed by atoms with Crippen molar-refractivity contribution in [2.45, 2.75) is 11.8 Å². The molecule has 1 amide bonds. The van der Waals surface area contributed by atoms with E-state index in [1.54, 1.807) is 42.2 Å². The van der Waals surface area contributed by atoms with Crippen molar-refractivity contribution in [3.8, 4) is 5.69 Å². The second-order valence-electron chi connectivity index (χ2n) is 5.37. The summed E-state index contributed by atoms with van der Waals surface area (Å²) in [7, 11) is -3.53. The van der Waals surface area contributed by atoms with Gasteiger partial charge in [-0.25, -0.2) is 22.8 Å². The fraction of sp³-hybridized carbons (Fsp3) is 0.118. The van der Waals surface area contributed by atoms with Crippen LogP contribution in [0.3, 0.4) is 0 Å². The molecule has 134 valence electrons. The fourth-order valence-corrected chi connectivity index (χ4v) is 3.34. The Hall–Kier alpha value is -3.04. The molecule has 3 aromatic rings. The van der Waals surface area contributed by atoms with E-state index in [0.717, 1.165) is 5.69 Å². The highest BCUT2D eigenvalue weighted by molar-refractivity contribution is 7.89. The van der Waals surface area contributed by atoms with E-state index in [1.165, 1.54) is 30.6 Å². The van der Waals surface area contributed by atoms with Crippen LogP contribution in [0.2, 0.25) is 0 Å². The Morgan fingerprint density at radius 2 is 1.77 bits per heavy atom. The molecule has 0 unspecified atom stereocenters. The van der Waals surface area contributed by atoms with Crippen molar-refractivity contribution in [3.05, 3.63) is 66.7 Å². The molecule has 9 heteroatoms. The molecular formula is C17H17N5O3S. The lowest BCUT2D eigenvalue weighted by molar-refractivity contribution is 0.102. The number of rotatable bonds is 6. The van der Waals surface area contributed by atoms with E-state index in [9.17, 15) is 13.2 Å². The first-order valence-electron chi connectivity index (χ1n) is 7.86. The molecule has 0 saturated carbocycles. The number of nitrogens with zero attached hydrogens (tertiary/aromatic N) is 3. The molecule has 1 heterocycles. The summed E-state index contributed by atoms with van der Waals surface area (Å²) in [6.07, 6.45) is 3.02. The Bertz CT molecular complexity index is 982. The van der Waals surface area contributed by atoms with Gasteiger partial charge in [0.2, 0.25) is 10.0 Å². The van der Waals surface area contributed by atoms with E-state index in [2.05, 4.69) is 20.1 Å². The topological polar surface area (TPSA) is 106 Å². The highest BCUT2D eigenvalue weighted by atomic mass is 32.2. The number of amides is 1. The van der Waals surface area contributed by atoms with Gasteiger partial charge in [-0.05, 0) is 48.5 Å². The van der Waals surface area contributed by atoms with E-state index >= 15 is 0 Å². The number of anilines is 1. The molecule has 2 aromatic carbocycles. The Morgan fingerprint density at radius 3 is 2.35 bits per heavy atom. The standard InChI is InChI=1S/C17H17N5O3S/c1-2-20-26(24,25)16-9-3-13(4-10-16)17(23)21-14-5-7-15(8-6-14)22-12-18-11-19-22/h3-12,20H,2H2,1H3,(H,21,23). The van der Waals surface area contributed by atoms with Gasteiger partial charge in [0.1, 0.15) is 12.7 Å². The molecule has 0 radical (unpaired) electrons. The second kappa shape index (κ2) is 7.46. The summed E-state index contributed by atoms with van der Waals surface area (Å²) in [5, 5.41) is 6.79. The molecule has 0 aliphatic heterocycles. The van der Waals surface area contributed by atoms with Gasteiger partial charge in [0.05, 0.1) is 10.6 Å². The maximum absolute atomic E-state index is 12.3. The number of nitrogens with one attached hydrogen (secondary N) is 2. The summed E-state index contributed by atoms with van der Waals surface area (Å²) < 4.78 is 27.8. The lowest BCUT2D eigenvalue weighted by Crippen LogP contribution is -2.23. The summed E-state index contributed by atoms with van der Waals surface area (Å²) in [5.41, 5.74) is 1.79. The van der Waals surface area contributed by atoms with Crippen LogP contribution in [0.1, 0.15) is 17.3 Å². The smallest absolute Gasteiger partial charge is 0.255 e. The molecule has 2 N–H and O–H groups in total. The van der Waals surface area contributed by atoms with E-state index in [4.69, 9.17) is 0 Å². The van der Waals surface area contributed by atoms with Gasteiger partial charge < -0.3 is 5.32 Å². The highest BCUT2D eigenvalue weighted by Crippen LogP contribution is 2.15. The number of hydrogen-bond donors (Lipinski definition) is 2. The number of sulfonamides is 1. The number of aromatic nitrogens is 3. The van der Waals surface area contributed by atoms with Gasteiger partial charge in [0.25, 0.3) is 5.91 Å². The number of hydrogen-bond acceptors (Lipinski definition) is 5. The lowest BCUT2D eigenvalue weighted by atomic mass is 10.2. The van der Waals surface area contributed by atoms with Crippen molar-refractivity contribution in [2.24, 2.45) is 0 Å². The first-order chi connectivity index (χ1) is 12.5. The molecule has 0 fully saturated rings. The number of carbonyl (C=O) groups is 1. The Balaban J connectivity index is 1.70. The van der Waals surface area contributed by atoms with Crippen LogP contribution in [-0.4, -0.2) is 35.6 Å². The summed E-state index contributed by atoms with van der Waals surface area (Å²) in [4.78, 5) is 16.3. The zero-order valence-corrected chi connectivity index (χ0v) is 14.8. The fourth-order valence-electron chi connectivity index (χ4n) is 2.30. The van der Waals surface area contributed by atoms with Crippen molar-refractivity contribution >= 4 is 21.6 Å². The Morgan fingerprint density at radius 1 is 1.08 bits per heavy atom. The summed E-state index contributed by atoms with van der Waals surface area (Å²) in [6.45, 7) is 2.00. The van der Waals surface area contributed by atoms with E-state index in [-0.39, 0.29) is 10.8 Å². The summed E-state index contributed by atoms with van der Waals surface area (Å²) >= 11 is 0. The molecule has 26 heavy (non-hydrogen) atoms. The Labute approximate surface area is 150 Å². The zero-order valence-electron chi connectivity index (χ0n) is 14.0. The van der Waals surface area contributed by atoms with Crippen molar-refractivity contribution in [1.82, 2.24) is 19.5 Å². The van der Waals surface area contributed by atoms with Crippen LogP contribution < -0.4 is 10.0 Å². The first kappa shape index (κ1) is 17.8. The summed E-state index contributed by atoms with van der Waals surface area (Å²) in [5.74, 6) is -0.328. The number of benzene rings is 2. The van der Waals surface area contributed by atoms with Crippen LogP contribution in [-0.2, 0) is 10.0 Å². The first-order valence-corrected chi connectivity index (χ1v) is 9.34. The molecule has 0 aliphatic carbocycles. The molecule has 0 saturated heterocycles. The molecule has 3 rings (SSSR count).